The van der Waals surface area contributed by atoms with E-state index >= 15 is 0 Å². The fraction of sp³-hybridized carbons (Fsp3) is 0.538. The van der Waals surface area contributed by atoms with Crippen LogP contribution in [0.1, 0.15) is 13.8 Å². The Balaban J connectivity index is 2.29. The maximum Gasteiger partial charge on any atom is 0.243 e. The van der Waals surface area contributed by atoms with Crippen molar-refractivity contribution in [3.05, 3.63) is 24.3 Å². The van der Waals surface area contributed by atoms with Crippen LogP contribution in [-0.2, 0) is 10.0 Å². The summed E-state index contributed by atoms with van der Waals surface area (Å²) in [4.78, 5) is 0.314. The maximum atomic E-state index is 12.6. The number of nitrogens with one attached hydrogen (secondary N) is 1. The lowest BCUT2D eigenvalue weighted by atomic mass is 10.2. The number of ether oxygens (including phenoxy) is 1. The van der Waals surface area contributed by atoms with Gasteiger partial charge in [0, 0.05) is 25.2 Å². The number of methoxy groups -OCH3 is 1. The van der Waals surface area contributed by atoms with Crippen LogP contribution in [0.15, 0.2) is 29.2 Å². The summed E-state index contributed by atoms with van der Waals surface area (Å²) in [7, 11) is -1.87. The van der Waals surface area contributed by atoms with E-state index in [-0.39, 0.29) is 12.1 Å². The molecular weight excluding hydrogens is 264 g/mol. The lowest BCUT2D eigenvalue weighted by Gasteiger charge is -2.36. The average molecular weight is 284 g/mol. The predicted octanol–water partition coefficient (Wildman–Crippen LogP) is 1.07. The summed E-state index contributed by atoms with van der Waals surface area (Å²) in [6.07, 6.45) is 0. The van der Waals surface area contributed by atoms with Crippen LogP contribution in [0.5, 0.6) is 5.75 Å². The highest BCUT2D eigenvalue weighted by molar-refractivity contribution is 7.89. The Morgan fingerprint density at radius 2 is 1.89 bits per heavy atom. The van der Waals surface area contributed by atoms with Crippen LogP contribution >= 0.6 is 0 Å². The molecule has 106 valence electrons. The van der Waals surface area contributed by atoms with Gasteiger partial charge >= 0.3 is 0 Å². The van der Waals surface area contributed by atoms with Crippen LogP contribution in [0.4, 0.5) is 0 Å². The lowest BCUT2D eigenvalue weighted by Crippen LogP contribution is -2.56. The highest BCUT2D eigenvalue weighted by Crippen LogP contribution is 2.22. The number of rotatable bonds is 3. The molecule has 1 aliphatic rings. The Kier molecular flexibility index (Phi) is 4.13. The Morgan fingerprint density at radius 3 is 2.47 bits per heavy atom. The molecule has 2 atom stereocenters. The van der Waals surface area contributed by atoms with E-state index in [9.17, 15) is 8.42 Å². The minimum absolute atomic E-state index is 0.0386. The van der Waals surface area contributed by atoms with Crippen LogP contribution in [0.3, 0.4) is 0 Å². The van der Waals surface area contributed by atoms with Gasteiger partial charge in [0.2, 0.25) is 10.0 Å². The molecule has 2 rings (SSSR count). The van der Waals surface area contributed by atoms with Gasteiger partial charge in [-0.25, -0.2) is 8.42 Å². The van der Waals surface area contributed by atoms with Gasteiger partial charge in [-0.1, -0.05) is 0 Å². The summed E-state index contributed by atoms with van der Waals surface area (Å²) in [6, 6.07) is 6.65. The molecule has 1 saturated heterocycles. The molecule has 0 aromatic heterocycles. The smallest absolute Gasteiger partial charge is 0.243 e. The molecule has 0 bridgehead atoms. The fourth-order valence-electron chi connectivity index (χ4n) is 2.21. The van der Waals surface area contributed by atoms with Crippen molar-refractivity contribution in [3.8, 4) is 5.75 Å². The first-order chi connectivity index (χ1) is 8.95. The third-order valence-corrected chi connectivity index (χ3v) is 5.37. The van der Waals surface area contributed by atoms with Gasteiger partial charge in [-0.2, -0.15) is 4.31 Å². The standard InChI is InChI=1S/C13H20N2O3S/c1-10-9-15(11(2)8-14-10)19(16,17)13-6-4-12(18-3)5-7-13/h4-7,10-11,14H,8-9H2,1-3H3. The molecule has 1 heterocycles. The molecule has 1 N–H and O–H groups in total. The molecule has 0 aliphatic carbocycles. The predicted molar refractivity (Wildman–Crippen MR) is 73.8 cm³/mol. The highest BCUT2D eigenvalue weighted by Gasteiger charge is 2.33. The number of hydrogen-bond acceptors (Lipinski definition) is 4. The molecule has 1 fully saturated rings. The van der Waals surface area contributed by atoms with E-state index in [1.165, 1.54) is 0 Å². The molecule has 6 heteroatoms. The molecule has 0 amide bonds. The second-order valence-electron chi connectivity index (χ2n) is 4.91. The normalized spacial score (nSPS) is 25.2. The van der Waals surface area contributed by atoms with Gasteiger partial charge < -0.3 is 10.1 Å². The van der Waals surface area contributed by atoms with E-state index in [1.54, 1.807) is 35.7 Å². The van der Waals surface area contributed by atoms with Crippen molar-refractivity contribution in [3.63, 3.8) is 0 Å². The highest BCUT2D eigenvalue weighted by atomic mass is 32.2. The first-order valence-corrected chi connectivity index (χ1v) is 7.78. The monoisotopic (exact) mass is 284 g/mol. The number of sulfonamides is 1. The summed E-state index contributed by atoms with van der Waals surface area (Å²) in [5.41, 5.74) is 0. The quantitative estimate of drug-likeness (QED) is 0.902. The van der Waals surface area contributed by atoms with E-state index in [0.717, 1.165) is 0 Å². The topological polar surface area (TPSA) is 58.6 Å². The van der Waals surface area contributed by atoms with Gasteiger partial charge in [-0.05, 0) is 38.1 Å². The molecule has 1 aliphatic heterocycles. The molecule has 19 heavy (non-hydrogen) atoms. The SMILES string of the molecule is COc1ccc(S(=O)(=O)N2CC(C)NCC2C)cc1. The lowest BCUT2D eigenvalue weighted by molar-refractivity contribution is 0.244. The molecule has 1 aromatic rings. The average Bonchev–Trinajstić information content (AvgIpc) is 2.41. The van der Waals surface area contributed by atoms with Crippen LogP contribution in [0, 0.1) is 0 Å². The Bertz CT molecular complexity index is 527. The van der Waals surface area contributed by atoms with E-state index in [0.29, 0.717) is 23.7 Å². The second-order valence-corrected chi connectivity index (χ2v) is 6.80. The maximum absolute atomic E-state index is 12.6. The molecule has 0 spiro atoms. The Hall–Kier alpha value is -1.11. The van der Waals surface area contributed by atoms with Crippen molar-refractivity contribution < 1.29 is 13.2 Å². The van der Waals surface area contributed by atoms with Crippen molar-refractivity contribution in [2.75, 3.05) is 20.2 Å². The molecular formula is C13H20N2O3S. The fourth-order valence-corrected chi connectivity index (χ4v) is 3.93. The molecule has 1 aromatic carbocycles. The largest absolute Gasteiger partial charge is 0.497 e. The van der Waals surface area contributed by atoms with Gasteiger partial charge in [0.15, 0.2) is 0 Å². The van der Waals surface area contributed by atoms with Crippen LogP contribution in [0.25, 0.3) is 0 Å². The third-order valence-electron chi connectivity index (χ3n) is 3.37. The number of hydrogen-bond donors (Lipinski definition) is 1. The zero-order valence-electron chi connectivity index (χ0n) is 11.5. The van der Waals surface area contributed by atoms with E-state index in [1.807, 2.05) is 13.8 Å². The van der Waals surface area contributed by atoms with Crippen molar-refractivity contribution >= 4 is 10.0 Å². The molecule has 0 saturated carbocycles. The van der Waals surface area contributed by atoms with Crippen LogP contribution < -0.4 is 10.1 Å². The molecule has 2 unspecified atom stereocenters. The molecule has 5 nitrogen and oxygen atoms in total. The summed E-state index contributed by atoms with van der Waals surface area (Å²) in [5, 5.41) is 3.28. The zero-order valence-corrected chi connectivity index (χ0v) is 12.3. The van der Waals surface area contributed by atoms with Gasteiger partial charge in [0.25, 0.3) is 0 Å². The van der Waals surface area contributed by atoms with E-state index in [4.69, 9.17) is 4.74 Å². The zero-order chi connectivity index (χ0) is 14.0. The van der Waals surface area contributed by atoms with Gasteiger partial charge in [-0.15, -0.1) is 0 Å². The first kappa shape index (κ1) is 14.3. The summed E-state index contributed by atoms with van der Waals surface area (Å²) in [5.74, 6) is 0.653. The number of piperazine rings is 1. The first-order valence-electron chi connectivity index (χ1n) is 6.34. The van der Waals surface area contributed by atoms with Gasteiger partial charge in [0.05, 0.1) is 12.0 Å². The third kappa shape index (κ3) is 2.91. The van der Waals surface area contributed by atoms with Crippen molar-refractivity contribution in [1.82, 2.24) is 9.62 Å². The minimum atomic E-state index is -3.43. The number of nitrogens with zero attached hydrogens (tertiary/aromatic N) is 1. The van der Waals surface area contributed by atoms with Crippen LogP contribution in [0.2, 0.25) is 0 Å². The summed E-state index contributed by atoms with van der Waals surface area (Å²) in [6.45, 7) is 5.08. The second kappa shape index (κ2) is 5.48. The summed E-state index contributed by atoms with van der Waals surface area (Å²) >= 11 is 0. The van der Waals surface area contributed by atoms with Crippen molar-refractivity contribution in [2.24, 2.45) is 0 Å². The van der Waals surface area contributed by atoms with Gasteiger partial charge in [0.1, 0.15) is 5.75 Å². The van der Waals surface area contributed by atoms with Crippen molar-refractivity contribution in [2.45, 2.75) is 30.8 Å². The van der Waals surface area contributed by atoms with E-state index in [2.05, 4.69) is 5.32 Å². The Morgan fingerprint density at radius 1 is 1.26 bits per heavy atom. The number of benzene rings is 1. The summed E-state index contributed by atoms with van der Waals surface area (Å²) < 4.78 is 31.8. The molecule has 0 radical (unpaired) electrons. The van der Waals surface area contributed by atoms with Crippen LogP contribution in [-0.4, -0.2) is 45.0 Å². The minimum Gasteiger partial charge on any atom is -0.497 e. The Labute approximate surface area is 114 Å². The van der Waals surface area contributed by atoms with Crippen molar-refractivity contribution in [1.29, 1.82) is 0 Å². The van der Waals surface area contributed by atoms with Gasteiger partial charge in [-0.3, -0.25) is 0 Å². The van der Waals surface area contributed by atoms with E-state index < -0.39 is 10.0 Å².